The first-order valence-electron chi connectivity index (χ1n) is 11.1. The summed E-state index contributed by atoms with van der Waals surface area (Å²) in [5.41, 5.74) is 1.10. The summed E-state index contributed by atoms with van der Waals surface area (Å²) in [5.74, 6) is 0.999. The van der Waals surface area contributed by atoms with Crippen LogP contribution in [0.15, 0.2) is 62.6 Å². The number of carbonyl (C=O) groups is 1. The molecule has 2 aromatic heterocycles. The fraction of sp³-hybridized carbons (Fsp3) is 0.348. The van der Waals surface area contributed by atoms with Crippen molar-refractivity contribution in [3.05, 3.63) is 54.7 Å². The van der Waals surface area contributed by atoms with Gasteiger partial charge in [0.15, 0.2) is 0 Å². The van der Waals surface area contributed by atoms with E-state index in [0.717, 1.165) is 31.4 Å². The third-order valence-corrected chi connectivity index (χ3v) is 6.73. The van der Waals surface area contributed by atoms with Gasteiger partial charge in [-0.3, -0.25) is 9.78 Å². The molecule has 11 heteroatoms. The van der Waals surface area contributed by atoms with Crippen LogP contribution in [0.25, 0.3) is 11.4 Å². The lowest BCUT2D eigenvalue weighted by molar-refractivity contribution is -0.116. The molecule has 3 heterocycles. The predicted molar refractivity (Wildman–Crippen MR) is 127 cm³/mol. The maximum atomic E-state index is 12.9. The van der Waals surface area contributed by atoms with Crippen molar-refractivity contribution < 1.29 is 17.7 Å². The number of aryl methyl sites for hydroxylation is 1. The molecule has 0 saturated carbocycles. The van der Waals surface area contributed by atoms with Gasteiger partial charge in [0.1, 0.15) is 5.84 Å². The number of anilines is 1. The number of nitrogens with one attached hydrogen (secondary N) is 1. The molecule has 3 aromatic rings. The molecule has 1 amide bonds. The highest BCUT2D eigenvalue weighted by Gasteiger charge is 2.19. The first kappa shape index (κ1) is 23.6. The van der Waals surface area contributed by atoms with Crippen LogP contribution in [0.1, 0.15) is 38.0 Å². The van der Waals surface area contributed by atoms with E-state index in [1.807, 2.05) is 18.0 Å². The molecule has 0 spiro atoms. The van der Waals surface area contributed by atoms with E-state index in [4.69, 9.17) is 4.52 Å². The van der Waals surface area contributed by atoms with E-state index in [0.29, 0.717) is 29.7 Å². The van der Waals surface area contributed by atoms with Crippen molar-refractivity contribution in [3.8, 4) is 11.4 Å². The first-order valence-corrected chi connectivity index (χ1v) is 12.5. The molecule has 1 aromatic carbocycles. The molecular formula is C23H26N6O4S. The smallest absolute Gasteiger partial charge is 0.284 e. The maximum absolute atomic E-state index is 12.9. The number of aromatic nitrogens is 3. The molecule has 1 fully saturated rings. The summed E-state index contributed by atoms with van der Waals surface area (Å²) in [7, 11) is -2.03. The minimum atomic E-state index is -3.89. The first-order chi connectivity index (χ1) is 16.4. The number of amidine groups is 1. The summed E-state index contributed by atoms with van der Waals surface area (Å²) < 4.78 is 35.0. The molecule has 1 saturated heterocycles. The van der Waals surface area contributed by atoms with Gasteiger partial charge in [0.25, 0.3) is 10.0 Å². The lowest BCUT2D eigenvalue weighted by Gasteiger charge is -2.17. The number of rotatable bonds is 7. The van der Waals surface area contributed by atoms with Gasteiger partial charge in [0.2, 0.25) is 17.6 Å². The number of pyridine rings is 1. The van der Waals surface area contributed by atoms with Crippen LogP contribution in [0, 0.1) is 0 Å². The van der Waals surface area contributed by atoms with Gasteiger partial charge in [-0.25, -0.2) is 0 Å². The highest BCUT2D eigenvalue weighted by atomic mass is 32.2. The van der Waals surface area contributed by atoms with Crippen molar-refractivity contribution in [1.29, 1.82) is 0 Å². The van der Waals surface area contributed by atoms with Crippen molar-refractivity contribution in [1.82, 2.24) is 20.0 Å². The number of hydrogen-bond acceptors (Lipinski definition) is 7. The number of likely N-dealkylation sites (tertiary alicyclic amines) is 1. The Bertz CT molecular complexity index is 1270. The average Bonchev–Trinajstić information content (AvgIpc) is 3.23. The SMILES string of the molecule is CN1CCCCC/C1=N\S(=O)(=O)c1cccc(NC(=O)CCc2nc(-c3cccnc3)no2)c1. The zero-order valence-electron chi connectivity index (χ0n) is 18.8. The molecule has 0 aliphatic carbocycles. The van der Waals surface area contributed by atoms with Gasteiger partial charge >= 0.3 is 0 Å². The number of carbonyl (C=O) groups excluding carboxylic acids is 1. The van der Waals surface area contributed by atoms with E-state index in [-0.39, 0.29) is 23.6 Å². The second kappa shape index (κ2) is 10.6. The molecular weight excluding hydrogens is 456 g/mol. The van der Waals surface area contributed by atoms with Crippen LogP contribution in [-0.2, 0) is 21.2 Å². The molecule has 10 nitrogen and oxygen atoms in total. The van der Waals surface area contributed by atoms with Gasteiger partial charge in [-0.1, -0.05) is 17.6 Å². The Morgan fingerprint density at radius 1 is 1.21 bits per heavy atom. The summed E-state index contributed by atoms with van der Waals surface area (Å²) in [6, 6.07) is 9.69. The van der Waals surface area contributed by atoms with E-state index in [9.17, 15) is 13.2 Å². The third-order valence-electron chi connectivity index (χ3n) is 5.43. The van der Waals surface area contributed by atoms with E-state index in [2.05, 4.69) is 24.8 Å². The molecule has 0 bridgehead atoms. The van der Waals surface area contributed by atoms with Gasteiger partial charge in [-0.2, -0.15) is 13.4 Å². The third kappa shape index (κ3) is 6.04. The predicted octanol–water partition coefficient (Wildman–Crippen LogP) is 3.30. The molecule has 178 valence electrons. The van der Waals surface area contributed by atoms with Crippen LogP contribution in [0.5, 0.6) is 0 Å². The molecule has 1 N–H and O–H groups in total. The van der Waals surface area contributed by atoms with Crippen LogP contribution in [0.2, 0.25) is 0 Å². The molecule has 0 radical (unpaired) electrons. The van der Waals surface area contributed by atoms with Crippen LogP contribution in [-0.4, -0.2) is 53.8 Å². The Hall–Kier alpha value is -3.60. The number of hydrogen-bond donors (Lipinski definition) is 1. The zero-order valence-corrected chi connectivity index (χ0v) is 19.7. The minimum absolute atomic E-state index is 0.0356. The molecule has 1 aliphatic rings. The number of sulfonamides is 1. The van der Waals surface area contributed by atoms with Crippen LogP contribution in [0.3, 0.4) is 0 Å². The Morgan fingerprint density at radius 3 is 2.91 bits per heavy atom. The lowest BCUT2D eigenvalue weighted by Crippen LogP contribution is -2.26. The molecule has 34 heavy (non-hydrogen) atoms. The van der Waals surface area contributed by atoms with Crippen molar-refractivity contribution in [2.45, 2.75) is 43.4 Å². The number of nitrogens with zero attached hydrogens (tertiary/aromatic N) is 5. The topological polar surface area (TPSA) is 131 Å². The van der Waals surface area contributed by atoms with E-state index < -0.39 is 10.0 Å². The van der Waals surface area contributed by atoms with Gasteiger partial charge in [0, 0.05) is 56.5 Å². The Kier molecular flexibility index (Phi) is 7.31. The highest BCUT2D eigenvalue weighted by Crippen LogP contribution is 2.21. The van der Waals surface area contributed by atoms with Crippen molar-refractivity contribution in [2.75, 3.05) is 18.9 Å². The van der Waals surface area contributed by atoms with Crippen LogP contribution in [0.4, 0.5) is 5.69 Å². The summed E-state index contributed by atoms with van der Waals surface area (Å²) in [6.45, 7) is 0.786. The molecule has 4 rings (SSSR count). The number of benzene rings is 1. The Balaban J connectivity index is 1.38. The van der Waals surface area contributed by atoms with E-state index >= 15 is 0 Å². The van der Waals surface area contributed by atoms with Gasteiger partial charge in [-0.05, 0) is 43.2 Å². The second-order valence-electron chi connectivity index (χ2n) is 8.04. The minimum Gasteiger partial charge on any atom is -0.362 e. The summed E-state index contributed by atoms with van der Waals surface area (Å²) in [6.07, 6.45) is 7.24. The second-order valence-corrected chi connectivity index (χ2v) is 9.65. The summed E-state index contributed by atoms with van der Waals surface area (Å²) >= 11 is 0. The van der Waals surface area contributed by atoms with Crippen molar-refractivity contribution in [2.24, 2.45) is 4.40 Å². The normalized spacial score (nSPS) is 15.8. The fourth-order valence-corrected chi connectivity index (χ4v) is 4.72. The maximum Gasteiger partial charge on any atom is 0.284 e. The monoisotopic (exact) mass is 482 g/mol. The van der Waals surface area contributed by atoms with Gasteiger partial charge < -0.3 is 14.7 Å². The molecule has 0 atom stereocenters. The quantitative estimate of drug-likeness (QED) is 0.543. The van der Waals surface area contributed by atoms with E-state index in [1.165, 1.54) is 12.1 Å². The Labute approximate surface area is 198 Å². The lowest BCUT2D eigenvalue weighted by atomic mass is 10.2. The van der Waals surface area contributed by atoms with E-state index in [1.54, 1.807) is 30.6 Å². The van der Waals surface area contributed by atoms with Crippen LogP contribution >= 0.6 is 0 Å². The molecule has 1 aliphatic heterocycles. The van der Waals surface area contributed by atoms with Gasteiger partial charge in [0.05, 0.1) is 4.90 Å². The number of amides is 1. The fourth-order valence-electron chi connectivity index (χ4n) is 3.58. The van der Waals surface area contributed by atoms with Crippen molar-refractivity contribution in [3.63, 3.8) is 0 Å². The zero-order chi connectivity index (χ0) is 24.0. The summed E-state index contributed by atoms with van der Waals surface area (Å²) in [5, 5.41) is 6.63. The van der Waals surface area contributed by atoms with Gasteiger partial charge in [-0.15, -0.1) is 4.40 Å². The summed E-state index contributed by atoms with van der Waals surface area (Å²) in [4.78, 5) is 22.7. The van der Waals surface area contributed by atoms with Crippen molar-refractivity contribution >= 4 is 27.5 Å². The molecule has 0 unspecified atom stereocenters. The highest BCUT2D eigenvalue weighted by molar-refractivity contribution is 7.90. The van der Waals surface area contributed by atoms with Crippen LogP contribution < -0.4 is 5.32 Å². The largest absolute Gasteiger partial charge is 0.362 e. The Morgan fingerprint density at radius 2 is 2.09 bits per heavy atom. The standard InChI is InChI=1S/C23H26N6O4S/c1-29-14-4-2-3-10-20(29)28-34(31,32)19-9-5-8-18(15-19)25-21(30)11-12-22-26-23(27-33-22)17-7-6-13-24-16-17/h5-9,13,15-16H,2-4,10-12,14H2,1H3,(H,25,30)/b28-20+. The average molecular weight is 483 g/mol.